The van der Waals surface area contributed by atoms with E-state index in [1.807, 2.05) is 11.3 Å². The summed E-state index contributed by atoms with van der Waals surface area (Å²) >= 11 is 1.94. The minimum Gasteiger partial charge on any atom is -0.309 e. The Bertz CT molecular complexity index is 572. The van der Waals surface area contributed by atoms with Gasteiger partial charge < -0.3 is 5.32 Å². The molecule has 1 aliphatic rings. The molecule has 0 saturated heterocycles. The van der Waals surface area contributed by atoms with Gasteiger partial charge in [-0.3, -0.25) is 0 Å². The molecule has 1 aromatic heterocycles. The molecule has 0 aliphatic heterocycles. The summed E-state index contributed by atoms with van der Waals surface area (Å²) in [6, 6.07) is 14.1. The molecule has 2 heteroatoms. The van der Waals surface area contributed by atoms with Crippen molar-refractivity contribution < 1.29 is 0 Å². The van der Waals surface area contributed by atoms with Gasteiger partial charge >= 0.3 is 0 Å². The quantitative estimate of drug-likeness (QED) is 0.848. The predicted octanol–water partition coefficient (Wildman–Crippen LogP) is 4.83. The molecule has 1 aromatic carbocycles. The molecule has 20 heavy (non-hydrogen) atoms. The molecule has 0 saturated carbocycles. The number of nitrogens with one attached hydrogen (secondary N) is 1. The first-order valence-electron chi connectivity index (χ1n) is 7.67. The molecule has 0 amide bonds. The van der Waals surface area contributed by atoms with E-state index in [1.54, 1.807) is 11.1 Å². The first-order valence-corrected chi connectivity index (χ1v) is 8.48. The molecule has 106 valence electrons. The Morgan fingerprint density at radius 2 is 2.10 bits per heavy atom. The van der Waals surface area contributed by atoms with Crippen molar-refractivity contribution in [2.45, 2.75) is 45.1 Å². The fourth-order valence-corrected chi connectivity index (χ4v) is 4.44. The third kappa shape index (κ3) is 2.68. The van der Waals surface area contributed by atoms with Gasteiger partial charge in [0.25, 0.3) is 0 Å². The summed E-state index contributed by atoms with van der Waals surface area (Å²) in [6.07, 6.45) is 3.86. The molecule has 0 fully saturated rings. The van der Waals surface area contributed by atoms with Crippen LogP contribution in [-0.4, -0.2) is 6.54 Å². The van der Waals surface area contributed by atoms with Crippen molar-refractivity contribution in [2.75, 3.05) is 6.54 Å². The summed E-state index contributed by atoms with van der Waals surface area (Å²) in [4.78, 5) is 2.90. The van der Waals surface area contributed by atoms with Gasteiger partial charge in [0.2, 0.25) is 0 Å². The molecule has 2 aromatic rings. The van der Waals surface area contributed by atoms with Crippen LogP contribution < -0.4 is 5.32 Å². The first-order chi connectivity index (χ1) is 9.79. The summed E-state index contributed by atoms with van der Waals surface area (Å²) in [6.45, 7) is 5.44. The van der Waals surface area contributed by atoms with Crippen LogP contribution in [0.15, 0.2) is 36.4 Å². The van der Waals surface area contributed by atoms with Crippen LogP contribution in [0.5, 0.6) is 0 Å². The molecular formula is C18H23NS. The van der Waals surface area contributed by atoms with E-state index >= 15 is 0 Å². The summed E-state index contributed by atoms with van der Waals surface area (Å²) in [7, 11) is 0. The van der Waals surface area contributed by atoms with E-state index < -0.39 is 0 Å². The Balaban J connectivity index is 1.96. The summed E-state index contributed by atoms with van der Waals surface area (Å²) in [5.41, 5.74) is 3.12. The van der Waals surface area contributed by atoms with E-state index in [-0.39, 0.29) is 0 Å². The van der Waals surface area contributed by atoms with Crippen LogP contribution in [0, 0.1) is 6.92 Å². The molecule has 0 radical (unpaired) electrons. The van der Waals surface area contributed by atoms with E-state index in [2.05, 4.69) is 55.6 Å². The largest absolute Gasteiger partial charge is 0.309 e. The average Bonchev–Trinajstić information content (AvgIpc) is 2.91. The molecule has 1 heterocycles. The van der Waals surface area contributed by atoms with Gasteiger partial charge in [-0.15, -0.1) is 11.3 Å². The van der Waals surface area contributed by atoms with Crippen LogP contribution in [0.1, 0.15) is 52.6 Å². The fraction of sp³-hybridized carbons (Fsp3) is 0.444. The Labute approximate surface area is 126 Å². The first kappa shape index (κ1) is 13.8. The zero-order chi connectivity index (χ0) is 13.9. The maximum Gasteiger partial charge on any atom is 0.0484 e. The maximum absolute atomic E-state index is 3.73. The molecular weight excluding hydrogens is 262 g/mol. The molecule has 0 bridgehead atoms. The highest BCUT2D eigenvalue weighted by Crippen LogP contribution is 2.41. The van der Waals surface area contributed by atoms with Gasteiger partial charge in [-0.1, -0.05) is 31.2 Å². The minimum absolute atomic E-state index is 0.472. The van der Waals surface area contributed by atoms with Crippen LogP contribution >= 0.6 is 11.3 Å². The molecule has 0 spiro atoms. The number of rotatable bonds is 4. The van der Waals surface area contributed by atoms with Crippen LogP contribution in [-0.2, 0) is 6.42 Å². The van der Waals surface area contributed by atoms with Gasteiger partial charge in [-0.25, -0.2) is 0 Å². The average molecular weight is 285 g/mol. The van der Waals surface area contributed by atoms with Gasteiger partial charge in [-0.05, 0) is 56.0 Å². The van der Waals surface area contributed by atoms with E-state index in [0.717, 1.165) is 6.54 Å². The van der Waals surface area contributed by atoms with Crippen LogP contribution in [0.25, 0.3) is 0 Å². The lowest BCUT2D eigenvalue weighted by Gasteiger charge is -2.32. The fourth-order valence-electron chi connectivity index (χ4n) is 3.42. The highest BCUT2D eigenvalue weighted by Gasteiger charge is 2.29. The Kier molecular flexibility index (Phi) is 4.23. The SMILES string of the molecule is CCNC(c1ccc(C)s1)C1CCCc2ccccc21. The Morgan fingerprint density at radius 3 is 2.85 bits per heavy atom. The summed E-state index contributed by atoms with van der Waals surface area (Å²) in [5.74, 6) is 0.623. The van der Waals surface area contributed by atoms with Gasteiger partial charge in [0.05, 0.1) is 0 Å². The van der Waals surface area contributed by atoms with Crippen molar-refractivity contribution in [1.82, 2.24) is 5.32 Å². The second kappa shape index (κ2) is 6.11. The van der Waals surface area contributed by atoms with Crippen molar-refractivity contribution in [2.24, 2.45) is 0 Å². The van der Waals surface area contributed by atoms with Crippen LogP contribution in [0.3, 0.4) is 0 Å². The van der Waals surface area contributed by atoms with Gasteiger partial charge in [0, 0.05) is 21.7 Å². The topological polar surface area (TPSA) is 12.0 Å². The minimum atomic E-state index is 0.472. The maximum atomic E-state index is 3.73. The van der Waals surface area contributed by atoms with Crippen LogP contribution in [0.4, 0.5) is 0 Å². The Morgan fingerprint density at radius 1 is 1.25 bits per heavy atom. The highest BCUT2D eigenvalue weighted by atomic mass is 32.1. The Hall–Kier alpha value is -1.12. The molecule has 2 unspecified atom stereocenters. The van der Waals surface area contributed by atoms with Gasteiger partial charge in [0.1, 0.15) is 0 Å². The van der Waals surface area contributed by atoms with Crippen LogP contribution in [0.2, 0.25) is 0 Å². The number of fused-ring (bicyclic) bond motifs is 1. The zero-order valence-corrected chi connectivity index (χ0v) is 13.2. The molecule has 1 N–H and O–H groups in total. The number of thiophene rings is 1. The molecule has 2 atom stereocenters. The molecule has 1 aliphatic carbocycles. The second-order valence-corrected chi connectivity index (χ2v) is 7.00. The van der Waals surface area contributed by atoms with Gasteiger partial charge in [0.15, 0.2) is 0 Å². The monoisotopic (exact) mass is 285 g/mol. The molecule has 3 rings (SSSR count). The smallest absolute Gasteiger partial charge is 0.0484 e. The number of likely N-dealkylation sites (N-methyl/N-ethyl adjacent to an activating group) is 1. The predicted molar refractivity (Wildman–Crippen MR) is 87.6 cm³/mol. The van der Waals surface area contributed by atoms with E-state index in [0.29, 0.717) is 12.0 Å². The van der Waals surface area contributed by atoms with Crippen molar-refractivity contribution in [1.29, 1.82) is 0 Å². The number of benzene rings is 1. The van der Waals surface area contributed by atoms with Crippen molar-refractivity contribution in [3.63, 3.8) is 0 Å². The lowest BCUT2D eigenvalue weighted by atomic mass is 9.78. The molecule has 1 nitrogen and oxygen atoms in total. The third-order valence-corrected chi connectivity index (χ3v) is 5.39. The van der Waals surface area contributed by atoms with Crippen molar-refractivity contribution in [3.05, 3.63) is 57.3 Å². The summed E-state index contributed by atoms with van der Waals surface area (Å²) < 4.78 is 0. The van der Waals surface area contributed by atoms with E-state index in [4.69, 9.17) is 0 Å². The third-order valence-electron chi connectivity index (χ3n) is 4.31. The van der Waals surface area contributed by atoms with E-state index in [9.17, 15) is 0 Å². The van der Waals surface area contributed by atoms with Crippen molar-refractivity contribution in [3.8, 4) is 0 Å². The highest BCUT2D eigenvalue weighted by molar-refractivity contribution is 7.12. The number of aryl methyl sites for hydroxylation is 2. The van der Waals surface area contributed by atoms with Gasteiger partial charge in [-0.2, -0.15) is 0 Å². The normalized spacial score (nSPS) is 19.6. The summed E-state index contributed by atoms with van der Waals surface area (Å²) in [5, 5.41) is 3.73. The number of hydrogen-bond donors (Lipinski definition) is 1. The lowest BCUT2D eigenvalue weighted by molar-refractivity contribution is 0.413. The van der Waals surface area contributed by atoms with Crippen molar-refractivity contribution >= 4 is 11.3 Å². The number of hydrogen-bond acceptors (Lipinski definition) is 2. The van der Waals surface area contributed by atoms with E-state index in [1.165, 1.54) is 29.0 Å². The zero-order valence-electron chi connectivity index (χ0n) is 12.4. The second-order valence-electron chi connectivity index (χ2n) is 5.68. The lowest BCUT2D eigenvalue weighted by Crippen LogP contribution is -2.28. The standard InChI is InChI=1S/C18H23NS/c1-3-19-18(17-12-11-13(2)20-17)16-10-6-8-14-7-4-5-9-15(14)16/h4-5,7,9,11-12,16,18-19H,3,6,8,10H2,1-2H3.